The topological polar surface area (TPSA) is 58.6 Å². The van der Waals surface area contributed by atoms with E-state index >= 15 is 0 Å². The molecule has 138 valence electrons. The first kappa shape index (κ1) is 19.5. The van der Waals surface area contributed by atoms with E-state index in [2.05, 4.69) is 5.32 Å². The molecule has 2 rings (SSSR count). The summed E-state index contributed by atoms with van der Waals surface area (Å²) < 4.78 is 5.70. The van der Waals surface area contributed by atoms with Crippen LogP contribution in [0.15, 0.2) is 54.6 Å². The first-order valence-electron chi connectivity index (χ1n) is 8.85. The second-order valence-electron chi connectivity index (χ2n) is 6.34. The van der Waals surface area contributed by atoms with E-state index < -0.39 is 0 Å². The van der Waals surface area contributed by atoms with Crippen molar-refractivity contribution >= 4 is 11.8 Å². The third-order valence-electron chi connectivity index (χ3n) is 3.80. The van der Waals surface area contributed by atoms with Crippen molar-refractivity contribution in [2.45, 2.75) is 33.4 Å². The van der Waals surface area contributed by atoms with E-state index in [0.717, 1.165) is 11.3 Å². The number of carbonyl (C=O) groups is 2. The Morgan fingerprint density at radius 2 is 1.69 bits per heavy atom. The van der Waals surface area contributed by atoms with E-state index in [1.54, 1.807) is 12.1 Å². The van der Waals surface area contributed by atoms with Crippen molar-refractivity contribution in [2.75, 3.05) is 13.1 Å². The standard InChI is InChI=1S/C21H26N2O3/c1-4-23(14-20(24)22-16(2)3)21(25)18-12-10-17(11-13-18)15-26-19-8-6-5-7-9-19/h5-13,16H,4,14-15H2,1-3H3,(H,22,24). The lowest BCUT2D eigenvalue weighted by molar-refractivity contribution is -0.122. The molecule has 0 saturated heterocycles. The van der Waals surface area contributed by atoms with Gasteiger partial charge >= 0.3 is 0 Å². The van der Waals surface area contributed by atoms with Crippen molar-refractivity contribution in [3.05, 3.63) is 65.7 Å². The predicted octanol–water partition coefficient (Wildman–Crippen LogP) is 3.25. The number of nitrogens with one attached hydrogen (secondary N) is 1. The van der Waals surface area contributed by atoms with Gasteiger partial charge in [-0.15, -0.1) is 0 Å². The van der Waals surface area contributed by atoms with Crippen LogP contribution in [0.5, 0.6) is 5.75 Å². The maximum atomic E-state index is 12.6. The van der Waals surface area contributed by atoms with Crippen LogP contribution in [0.3, 0.4) is 0 Å². The molecule has 2 aromatic carbocycles. The molecular weight excluding hydrogens is 328 g/mol. The van der Waals surface area contributed by atoms with E-state index in [-0.39, 0.29) is 24.4 Å². The molecule has 26 heavy (non-hydrogen) atoms. The number of rotatable bonds is 8. The molecule has 0 bridgehead atoms. The van der Waals surface area contributed by atoms with Crippen LogP contribution in [-0.2, 0) is 11.4 Å². The van der Waals surface area contributed by atoms with Gasteiger partial charge in [-0.05, 0) is 50.6 Å². The van der Waals surface area contributed by atoms with Crippen LogP contribution in [0.2, 0.25) is 0 Å². The number of carbonyl (C=O) groups excluding carboxylic acids is 2. The monoisotopic (exact) mass is 354 g/mol. The lowest BCUT2D eigenvalue weighted by Gasteiger charge is -2.21. The number of benzene rings is 2. The van der Waals surface area contributed by atoms with Crippen LogP contribution in [0.1, 0.15) is 36.7 Å². The largest absolute Gasteiger partial charge is 0.489 e. The second-order valence-corrected chi connectivity index (χ2v) is 6.34. The number of amides is 2. The lowest BCUT2D eigenvalue weighted by atomic mass is 10.1. The average molecular weight is 354 g/mol. The maximum absolute atomic E-state index is 12.6. The lowest BCUT2D eigenvalue weighted by Crippen LogP contribution is -2.42. The molecule has 0 atom stereocenters. The van der Waals surface area contributed by atoms with Crippen LogP contribution >= 0.6 is 0 Å². The van der Waals surface area contributed by atoms with Gasteiger partial charge in [0, 0.05) is 18.2 Å². The van der Waals surface area contributed by atoms with Crippen LogP contribution in [-0.4, -0.2) is 35.8 Å². The Morgan fingerprint density at radius 3 is 2.27 bits per heavy atom. The highest BCUT2D eigenvalue weighted by Gasteiger charge is 2.17. The van der Waals surface area contributed by atoms with Gasteiger partial charge in [-0.1, -0.05) is 30.3 Å². The summed E-state index contributed by atoms with van der Waals surface area (Å²) in [4.78, 5) is 26.0. The molecule has 0 heterocycles. The van der Waals surface area contributed by atoms with Gasteiger partial charge in [0.25, 0.3) is 5.91 Å². The summed E-state index contributed by atoms with van der Waals surface area (Å²) in [5.41, 5.74) is 1.54. The van der Waals surface area contributed by atoms with Gasteiger partial charge in [-0.3, -0.25) is 9.59 Å². The van der Waals surface area contributed by atoms with Crippen molar-refractivity contribution in [3.63, 3.8) is 0 Å². The zero-order valence-electron chi connectivity index (χ0n) is 15.6. The van der Waals surface area contributed by atoms with E-state index in [1.165, 1.54) is 4.90 Å². The van der Waals surface area contributed by atoms with E-state index in [1.807, 2.05) is 63.2 Å². The highest BCUT2D eigenvalue weighted by atomic mass is 16.5. The molecule has 0 unspecified atom stereocenters. The number of hydrogen-bond donors (Lipinski definition) is 1. The Bertz CT molecular complexity index is 712. The smallest absolute Gasteiger partial charge is 0.254 e. The summed E-state index contributed by atoms with van der Waals surface area (Å²) in [6.45, 7) is 6.63. The summed E-state index contributed by atoms with van der Waals surface area (Å²) in [5, 5.41) is 2.81. The Hall–Kier alpha value is -2.82. The summed E-state index contributed by atoms with van der Waals surface area (Å²) >= 11 is 0. The van der Waals surface area contributed by atoms with Gasteiger partial charge in [-0.2, -0.15) is 0 Å². The third-order valence-corrected chi connectivity index (χ3v) is 3.80. The summed E-state index contributed by atoms with van der Waals surface area (Å²) in [6.07, 6.45) is 0. The molecule has 0 aliphatic rings. The Labute approximate surface area is 155 Å². The average Bonchev–Trinajstić information content (AvgIpc) is 2.64. The number of ether oxygens (including phenoxy) is 1. The first-order valence-corrected chi connectivity index (χ1v) is 8.85. The Kier molecular flexibility index (Phi) is 7.21. The highest BCUT2D eigenvalue weighted by Crippen LogP contribution is 2.13. The second kappa shape index (κ2) is 9.61. The van der Waals surface area contributed by atoms with Crippen molar-refractivity contribution in [2.24, 2.45) is 0 Å². The molecule has 5 heteroatoms. The van der Waals surface area contributed by atoms with Gasteiger partial charge in [0.15, 0.2) is 0 Å². The first-order chi connectivity index (χ1) is 12.5. The number of likely N-dealkylation sites (N-methyl/N-ethyl adjacent to an activating group) is 1. The van der Waals surface area contributed by atoms with Gasteiger partial charge in [0.1, 0.15) is 12.4 Å². The number of hydrogen-bond acceptors (Lipinski definition) is 3. The van der Waals surface area contributed by atoms with Crippen molar-refractivity contribution < 1.29 is 14.3 Å². The molecule has 0 spiro atoms. The predicted molar refractivity (Wildman–Crippen MR) is 102 cm³/mol. The van der Waals surface area contributed by atoms with E-state index in [4.69, 9.17) is 4.74 Å². The molecule has 0 radical (unpaired) electrons. The van der Waals surface area contributed by atoms with Crippen LogP contribution in [0.4, 0.5) is 0 Å². The molecule has 2 aromatic rings. The molecular formula is C21H26N2O3. The molecule has 5 nitrogen and oxygen atoms in total. The molecule has 1 N–H and O–H groups in total. The fraction of sp³-hybridized carbons (Fsp3) is 0.333. The molecule has 0 aliphatic heterocycles. The van der Waals surface area contributed by atoms with Crippen molar-refractivity contribution in [1.29, 1.82) is 0 Å². The summed E-state index contributed by atoms with van der Waals surface area (Å²) in [7, 11) is 0. The van der Waals surface area contributed by atoms with Gasteiger partial charge in [-0.25, -0.2) is 0 Å². The van der Waals surface area contributed by atoms with E-state index in [0.29, 0.717) is 18.7 Å². The minimum absolute atomic E-state index is 0.0557. The Morgan fingerprint density at radius 1 is 1.04 bits per heavy atom. The van der Waals surface area contributed by atoms with Crippen LogP contribution in [0, 0.1) is 0 Å². The summed E-state index contributed by atoms with van der Waals surface area (Å²) in [5.74, 6) is 0.506. The minimum Gasteiger partial charge on any atom is -0.489 e. The molecule has 0 aliphatic carbocycles. The van der Waals surface area contributed by atoms with Crippen LogP contribution < -0.4 is 10.1 Å². The Balaban J connectivity index is 1.95. The fourth-order valence-corrected chi connectivity index (χ4v) is 2.48. The maximum Gasteiger partial charge on any atom is 0.254 e. The molecule has 0 fully saturated rings. The quantitative estimate of drug-likeness (QED) is 0.792. The summed E-state index contributed by atoms with van der Waals surface area (Å²) in [6, 6.07) is 16.9. The number of nitrogens with zero attached hydrogens (tertiary/aromatic N) is 1. The fourth-order valence-electron chi connectivity index (χ4n) is 2.48. The minimum atomic E-state index is -0.151. The van der Waals surface area contributed by atoms with Crippen LogP contribution in [0.25, 0.3) is 0 Å². The highest BCUT2D eigenvalue weighted by molar-refractivity contribution is 5.96. The number of para-hydroxylation sites is 1. The third kappa shape index (κ3) is 5.92. The molecule has 0 aromatic heterocycles. The van der Waals surface area contributed by atoms with Gasteiger partial charge in [0.2, 0.25) is 5.91 Å². The zero-order valence-corrected chi connectivity index (χ0v) is 15.6. The van der Waals surface area contributed by atoms with Crippen molar-refractivity contribution in [1.82, 2.24) is 10.2 Å². The normalized spacial score (nSPS) is 10.5. The van der Waals surface area contributed by atoms with Crippen molar-refractivity contribution in [3.8, 4) is 5.75 Å². The molecule has 0 saturated carbocycles. The zero-order chi connectivity index (χ0) is 18.9. The molecule has 2 amide bonds. The van der Waals surface area contributed by atoms with Gasteiger partial charge in [0.05, 0.1) is 6.54 Å². The van der Waals surface area contributed by atoms with Gasteiger partial charge < -0.3 is 15.0 Å². The van der Waals surface area contributed by atoms with E-state index in [9.17, 15) is 9.59 Å². The SMILES string of the molecule is CCN(CC(=O)NC(C)C)C(=O)c1ccc(COc2ccccc2)cc1.